The quantitative estimate of drug-likeness (QED) is 0.593. The number of anilines is 1. The Balaban J connectivity index is 2.49. The Hall–Kier alpha value is -2.40. The van der Waals surface area contributed by atoms with Gasteiger partial charge in [0.1, 0.15) is 5.56 Å². The van der Waals surface area contributed by atoms with Crippen molar-refractivity contribution < 1.29 is 9.72 Å². The van der Waals surface area contributed by atoms with Crippen molar-refractivity contribution in [3.05, 3.63) is 68.7 Å². The zero-order valence-corrected chi connectivity index (χ0v) is 13.7. The SMILES string of the molecule is CCCN(C(=O)c1ccc(Cl)cc1[N+](=O)[O-])c1cccc(C)c1. The van der Waals surface area contributed by atoms with Crippen LogP contribution in [0.2, 0.25) is 5.02 Å². The lowest BCUT2D eigenvalue weighted by Crippen LogP contribution is -2.32. The number of carbonyl (C=O) groups excluding carboxylic acids is 1. The van der Waals surface area contributed by atoms with Crippen molar-refractivity contribution in [2.45, 2.75) is 20.3 Å². The van der Waals surface area contributed by atoms with E-state index in [1.807, 2.05) is 38.1 Å². The Kier molecular flexibility index (Phi) is 5.34. The Morgan fingerprint density at radius 1 is 1.26 bits per heavy atom. The molecule has 0 heterocycles. The van der Waals surface area contributed by atoms with Gasteiger partial charge >= 0.3 is 0 Å². The van der Waals surface area contributed by atoms with Crippen molar-refractivity contribution in [1.82, 2.24) is 0 Å². The summed E-state index contributed by atoms with van der Waals surface area (Å²) in [5.41, 5.74) is 1.49. The van der Waals surface area contributed by atoms with Crippen LogP contribution in [-0.4, -0.2) is 17.4 Å². The van der Waals surface area contributed by atoms with Gasteiger partial charge in [-0.15, -0.1) is 0 Å². The lowest BCUT2D eigenvalue weighted by Gasteiger charge is -2.22. The second-order valence-corrected chi connectivity index (χ2v) is 5.65. The van der Waals surface area contributed by atoms with Crippen LogP contribution in [0.1, 0.15) is 29.3 Å². The number of carbonyl (C=O) groups is 1. The summed E-state index contributed by atoms with van der Waals surface area (Å²) < 4.78 is 0. The Morgan fingerprint density at radius 2 is 2.00 bits per heavy atom. The van der Waals surface area contributed by atoms with E-state index in [9.17, 15) is 14.9 Å². The molecule has 0 bridgehead atoms. The molecule has 1 amide bonds. The first kappa shape index (κ1) is 17.0. The molecule has 0 saturated carbocycles. The highest BCUT2D eigenvalue weighted by molar-refractivity contribution is 6.31. The van der Waals surface area contributed by atoms with Gasteiger partial charge in [-0.1, -0.05) is 30.7 Å². The minimum absolute atomic E-state index is 0.0364. The predicted octanol–water partition coefficient (Wildman–Crippen LogP) is 4.61. The van der Waals surface area contributed by atoms with Gasteiger partial charge in [0.05, 0.1) is 4.92 Å². The van der Waals surface area contributed by atoms with Crippen LogP contribution in [0.15, 0.2) is 42.5 Å². The van der Waals surface area contributed by atoms with E-state index in [0.717, 1.165) is 17.7 Å². The van der Waals surface area contributed by atoms with Gasteiger partial charge in [-0.3, -0.25) is 14.9 Å². The summed E-state index contributed by atoms with van der Waals surface area (Å²) in [6, 6.07) is 11.6. The summed E-state index contributed by atoms with van der Waals surface area (Å²) in [5.74, 6) is -0.402. The van der Waals surface area contributed by atoms with E-state index in [0.29, 0.717) is 6.54 Å². The standard InChI is InChI=1S/C17H17ClN2O3/c1-3-9-19(14-6-4-5-12(2)10-14)17(21)15-8-7-13(18)11-16(15)20(22)23/h4-8,10-11H,3,9H2,1-2H3. The van der Waals surface area contributed by atoms with Crippen molar-refractivity contribution in [3.63, 3.8) is 0 Å². The number of hydrogen-bond donors (Lipinski definition) is 0. The maximum atomic E-state index is 12.9. The fourth-order valence-electron chi connectivity index (χ4n) is 2.35. The molecule has 0 fully saturated rings. The molecule has 0 aliphatic heterocycles. The fourth-order valence-corrected chi connectivity index (χ4v) is 2.52. The number of hydrogen-bond acceptors (Lipinski definition) is 3. The van der Waals surface area contributed by atoms with E-state index in [2.05, 4.69) is 0 Å². The monoisotopic (exact) mass is 332 g/mol. The number of rotatable bonds is 5. The van der Waals surface area contributed by atoms with Gasteiger partial charge in [-0.05, 0) is 43.2 Å². The third-order valence-corrected chi connectivity index (χ3v) is 3.63. The van der Waals surface area contributed by atoms with Crippen molar-refractivity contribution in [2.75, 3.05) is 11.4 Å². The molecular formula is C17H17ClN2O3. The largest absolute Gasteiger partial charge is 0.308 e. The normalized spacial score (nSPS) is 10.4. The first-order chi connectivity index (χ1) is 10.9. The summed E-state index contributed by atoms with van der Waals surface area (Å²) in [7, 11) is 0. The van der Waals surface area contributed by atoms with Crippen molar-refractivity contribution in [2.24, 2.45) is 0 Å². The van der Waals surface area contributed by atoms with E-state index in [1.54, 1.807) is 4.90 Å². The van der Waals surface area contributed by atoms with E-state index in [1.165, 1.54) is 18.2 Å². The van der Waals surface area contributed by atoms with Crippen LogP contribution in [0.4, 0.5) is 11.4 Å². The summed E-state index contributed by atoms with van der Waals surface area (Å²) in [6.45, 7) is 4.36. The molecular weight excluding hydrogens is 316 g/mol. The highest BCUT2D eigenvalue weighted by Gasteiger charge is 2.25. The number of benzene rings is 2. The molecule has 23 heavy (non-hydrogen) atoms. The Labute approximate surface area is 139 Å². The van der Waals surface area contributed by atoms with Crippen LogP contribution in [0.5, 0.6) is 0 Å². The lowest BCUT2D eigenvalue weighted by molar-refractivity contribution is -0.385. The van der Waals surface area contributed by atoms with Crippen LogP contribution in [0.3, 0.4) is 0 Å². The maximum absolute atomic E-state index is 12.9. The van der Waals surface area contributed by atoms with Gasteiger partial charge in [0.2, 0.25) is 0 Å². The smallest absolute Gasteiger partial charge is 0.283 e. The van der Waals surface area contributed by atoms with Gasteiger partial charge in [0.25, 0.3) is 11.6 Å². The van der Waals surface area contributed by atoms with Crippen molar-refractivity contribution in [1.29, 1.82) is 0 Å². The van der Waals surface area contributed by atoms with Crippen LogP contribution >= 0.6 is 11.6 Å². The fraction of sp³-hybridized carbons (Fsp3) is 0.235. The summed E-state index contributed by atoms with van der Waals surface area (Å²) in [5, 5.41) is 11.5. The molecule has 0 unspecified atom stereocenters. The molecule has 0 aromatic heterocycles. The van der Waals surface area contributed by atoms with Crippen LogP contribution in [-0.2, 0) is 0 Å². The average molecular weight is 333 g/mol. The van der Waals surface area contributed by atoms with E-state index < -0.39 is 10.8 Å². The number of nitrogens with zero attached hydrogens (tertiary/aromatic N) is 2. The van der Waals surface area contributed by atoms with Crippen LogP contribution in [0, 0.1) is 17.0 Å². The van der Waals surface area contributed by atoms with Gasteiger partial charge in [0, 0.05) is 23.3 Å². The number of nitro benzene ring substituents is 1. The number of amides is 1. The van der Waals surface area contributed by atoms with E-state index >= 15 is 0 Å². The third-order valence-electron chi connectivity index (χ3n) is 3.39. The molecule has 0 spiro atoms. The van der Waals surface area contributed by atoms with E-state index in [4.69, 9.17) is 11.6 Å². The summed E-state index contributed by atoms with van der Waals surface area (Å²) >= 11 is 5.81. The molecule has 0 atom stereocenters. The highest BCUT2D eigenvalue weighted by atomic mass is 35.5. The Bertz CT molecular complexity index is 746. The topological polar surface area (TPSA) is 63.5 Å². The van der Waals surface area contributed by atoms with Gasteiger partial charge in [-0.25, -0.2) is 0 Å². The van der Waals surface area contributed by atoms with Gasteiger partial charge in [-0.2, -0.15) is 0 Å². The second kappa shape index (κ2) is 7.24. The Morgan fingerprint density at radius 3 is 2.61 bits per heavy atom. The number of nitro groups is 1. The van der Waals surface area contributed by atoms with Crippen LogP contribution < -0.4 is 4.90 Å². The van der Waals surface area contributed by atoms with Crippen LogP contribution in [0.25, 0.3) is 0 Å². The highest BCUT2D eigenvalue weighted by Crippen LogP contribution is 2.27. The zero-order valence-electron chi connectivity index (χ0n) is 13.0. The molecule has 2 rings (SSSR count). The first-order valence-electron chi connectivity index (χ1n) is 7.26. The third kappa shape index (κ3) is 3.87. The van der Waals surface area contributed by atoms with Crippen molar-refractivity contribution in [3.8, 4) is 0 Å². The first-order valence-corrected chi connectivity index (χ1v) is 7.64. The minimum Gasteiger partial charge on any atom is -0.308 e. The predicted molar refractivity (Wildman–Crippen MR) is 91.3 cm³/mol. The number of halogens is 1. The molecule has 5 nitrogen and oxygen atoms in total. The molecule has 0 N–H and O–H groups in total. The molecule has 120 valence electrons. The minimum atomic E-state index is -0.584. The summed E-state index contributed by atoms with van der Waals surface area (Å²) in [4.78, 5) is 25.1. The molecule has 2 aromatic carbocycles. The maximum Gasteiger partial charge on any atom is 0.283 e. The lowest BCUT2D eigenvalue weighted by atomic mass is 10.1. The molecule has 0 saturated heterocycles. The average Bonchev–Trinajstić information content (AvgIpc) is 2.51. The molecule has 6 heteroatoms. The molecule has 2 aromatic rings. The van der Waals surface area contributed by atoms with Crippen molar-refractivity contribution >= 4 is 28.9 Å². The molecule has 0 radical (unpaired) electrons. The number of aryl methyl sites for hydroxylation is 1. The zero-order chi connectivity index (χ0) is 17.0. The van der Waals surface area contributed by atoms with Gasteiger partial charge in [0.15, 0.2) is 0 Å². The summed E-state index contributed by atoms with van der Waals surface area (Å²) in [6.07, 6.45) is 0.737. The van der Waals surface area contributed by atoms with E-state index in [-0.39, 0.29) is 16.3 Å². The molecule has 0 aliphatic carbocycles. The second-order valence-electron chi connectivity index (χ2n) is 5.21. The molecule has 0 aliphatic rings. The van der Waals surface area contributed by atoms with Gasteiger partial charge < -0.3 is 4.90 Å².